The Kier molecular flexibility index (Phi) is 3.20. The van der Waals surface area contributed by atoms with Gasteiger partial charge in [-0.1, -0.05) is 19.8 Å². The second-order valence-electron chi connectivity index (χ2n) is 6.61. The second kappa shape index (κ2) is 4.55. The third-order valence-electron chi connectivity index (χ3n) is 5.50. The molecule has 0 radical (unpaired) electrons. The molecular weight excluding hydrogens is 210 g/mol. The van der Waals surface area contributed by atoms with Gasteiger partial charge in [-0.25, -0.2) is 0 Å². The van der Waals surface area contributed by atoms with E-state index in [1.807, 2.05) is 0 Å². The molecule has 0 amide bonds. The highest BCUT2D eigenvalue weighted by Crippen LogP contribution is 2.55. The summed E-state index contributed by atoms with van der Waals surface area (Å²) in [4.78, 5) is 0. The fourth-order valence-corrected chi connectivity index (χ4v) is 4.44. The minimum Gasteiger partial charge on any atom is -0.378 e. The summed E-state index contributed by atoms with van der Waals surface area (Å²) in [6.07, 6.45) is 10.3. The molecule has 0 aromatic carbocycles. The molecule has 17 heavy (non-hydrogen) atoms. The van der Waals surface area contributed by atoms with Gasteiger partial charge in [-0.05, 0) is 44.9 Å². The maximum Gasteiger partial charge on any atom is 0.0661 e. The first-order chi connectivity index (χ1) is 8.24. The van der Waals surface area contributed by atoms with Crippen molar-refractivity contribution in [2.45, 2.75) is 77.0 Å². The Balaban J connectivity index is 1.58. The van der Waals surface area contributed by atoms with Crippen LogP contribution in [-0.4, -0.2) is 24.8 Å². The lowest BCUT2D eigenvalue weighted by Gasteiger charge is -2.56. The van der Waals surface area contributed by atoms with Crippen LogP contribution in [0.2, 0.25) is 0 Å². The van der Waals surface area contributed by atoms with Gasteiger partial charge in [0.1, 0.15) is 0 Å². The van der Waals surface area contributed by atoms with Crippen molar-refractivity contribution >= 4 is 0 Å². The SMILES string of the molecule is CCOC1CC(NC2CC(C)C2)C12CCCC2. The van der Waals surface area contributed by atoms with Gasteiger partial charge in [-0.3, -0.25) is 0 Å². The predicted molar refractivity (Wildman–Crippen MR) is 70.0 cm³/mol. The summed E-state index contributed by atoms with van der Waals surface area (Å²) in [6, 6.07) is 1.58. The molecule has 98 valence electrons. The van der Waals surface area contributed by atoms with Crippen LogP contribution in [-0.2, 0) is 4.74 Å². The van der Waals surface area contributed by atoms with Crippen molar-refractivity contribution in [2.75, 3.05) is 6.61 Å². The average molecular weight is 237 g/mol. The molecule has 0 bridgehead atoms. The molecule has 0 saturated heterocycles. The highest BCUT2D eigenvalue weighted by atomic mass is 16.5. The molecule has 3 aliphatic rings. The van der Waals surface area contributed by atoms with Crippen LogP contribution >= 0.6 is 0 Å². The minimum absolute atomic E-state index is 0.523. The van der Waals surface area contributed by atoms with Gasteiger partial charge in [-0.15, -0.1) is 0 Å². The van der Waals surface area contributed by atoms with E-state index in [0.29, 0.717) is 11.5 Å². The van der Waals surface area contributed by atoms with Crippen LogP contribution in [0.4, 0.5) is 0 Å². The van der Waals surface area contributed by atoms with E-state index in [-0.39, 0.29) is 0 Å². The maximum absolute atomic E-state index is 5.96. The molecule has 2 heteroatoms. The van der Waals surface area contributed by atoms with E-state index in [4.69, 9.17) is 4.74 Å². The molecule has 1 spiro atoms. The first-order valence-corrected chi connectivity index (χ1v) is 7.62. The van der Waals surface area contributed by atoms with E-state index in [9.17, 15) is 0 Å². The first kappa shape index (κ1) is 12.0. The monoisotopic (exact) mass is 237 g/mol. The molecule has 3 aliphatic carbocycles. The Hall–Kier alpha value is -0.0800. The summed E-state index contributed by atoms with van der Waals surface area (Å²) in [7, 11) is 0. The van der Waals surface area contributed by atoms with E-state index < -0.39 is 0 Å². The molecule has 3 fully saturated rings. The van der Waals surface area contributed by atoms with Gasteiger partial charge in [0.2, 0.25) is 0 Å². The van der Waals surface area contributed by atoms with Gasteiger partial charge in [-0.2, -0.15) is 0 Å². The summed E-state index contributed by atoms with van der Waals surface area (Å²) in [6.45, 7) is 5.39. The van der Waals surface area contributed by atoms with Crippen molar-refractivity contribution in [1.82, 2.24) is 5.32 Å². The summed E-state index contributed by atoms with van der Waals surface area (Å²) >= 11 is 0. The quantitative estimate of drug-likeness (QED) is 0.811. The zero-order valence-electron chi connectivity index (χ0n) is 11.4. The molecule has 0 aliphatic heterocycles. The third kappa shape index (κ3) is 1.94. The molecule has 2 unspecified atom stereocenters. The highest BCUT2D eigenvalue weighted by molar-refractivity contribution is 5.11. The Labute approximate surface area is 105 Å². The number of rotatable bonds is 4. The lowest BCUT2D eigenvalue weighted by atomic mass is 9.60. The van der Waals surface area contributed by atoms with Gasteiger partial charge in [0.25, 0.3) is 0 Å². The molecule has 2 nitrogen and oxygen atoms in total. The van der Waals surface area contributed by atoms with Crippen molar-refractivity contribution in [2.24, 2.45) is 11.3 Å². The number of hydrogen-bond acceptors (Lipinski definition) is 2. The maximum atomic E-state index is 5.96. The smallest absolute Gasteiger partial charge is 0.0661 e. The fraction of sp³-hybridized carbons (Fsp3) is 1.00. The standard InChI is InChI=1S/C15H27NO/c1-3-17-14-10-13(15(14)6-4-5-7-15)16-12-8-11(2)9-12/h11-14,16H,3-10H2,1-2H3. The average Bonchev–Trinajstić information content (AvgIpc) is 2.76. The summed E-state index contributed by atoms with van der Waals surface area (Å²) in [5.41, 5.74) is 0.523. The Morgan fingerprint density at radius 1 is 1.18 bits per heavy atom. The lowest BCUT2D eigenvalue weighted by Crippen LogP contribution is -2.65. The van der Waals surface area contributed by atoms with Crippen LogP contribution in [0.25, 0.3) is 0 Å². The summed E-state index contributed by atoms with van der Waals surface area (Å²) in [5, 5.41) is 3.92. The van der Waals surface area contributed by atoms with Crippen LogP contribution in [0.3, 0.4) is 0 Å². The van der Waals surface area contributed by atoms with Gasteiger partial charge >= 0.3 is 0 Å². The molecule has 0 aromatic heterocycles. The van der Waals surface area contributed by atoms with Gasteiger partial charge < -0.3 is 10.1 Å². The van der Waals surface area contributed by atoms with Crippen LogP contribution in [0.5, 0.6) is 0 Å². The Morgan fingerprint density at radius 3 is 2.47 bits per heavy atom. The van der Waals surface area contributed by atoms with Crippen molar-refractivity contribution in [3.05, 3.63) is 0 Å². The normalized spacial score (nSPS) is 43.4. The minimum atomic E-state index is 0.523. The first-order valence-electron chi connectivity index (χ1n) is 7.62. The second-order valence-corrected chi connectivity index (χ2v) is 6.61. The van der Waals surface area contributed by atoms with Crippen LogP contribution in [0, 0.1) is 11.3 Å². The van der Waals surface area contributed by atoms with E-state index in [1.165, 1.54) is 44.9 Å². The summed E-state index contributed by atoms with van der Waals surface area (Å²) < 4.78 is 5.96. The lowest BCUT2D eigenvalue weighted by molar-refractivity contribution is -0.135. The largest absolute Gasteiger partial charge is 0.378 e. The Morgan fingerprint density at radius 2 is 1.88 bits per heavy atom. The topological polar surface area (TPSA) is 21.3 Å². The van der Waals surface area contributed by atoms with Crippen LogP contribution in [0.15, 0.2) is 0 Å². The molecule has 3 saturated carbocycles. The molecule has 3 rings (SSSR count). The molecule has 2 atom stereocenters. The van der Waals surface area contributed by atoms with Gasteiger partial charge in [0, 0.05) is 24.1 Å². The van der Waals surface area contributed by atoms with Gasteiger partial charge in [0.05, 0.1) is 6.10 Å². The van der Waals surface area contributed by atoms with Crippen LogP contribution < -0.4 is 5.32 Å². The van der Waals surface area contributed by atoms with E-state index >= 15 is 0 Å². The van der Waals surface area contributed by atoms with E-state index in [0.717, 1.165) is 24.6 Å². The summed E-state index contributed by atoms with van der Waals surface area (Å²) in [5.74, 6) is 0.954. The van der Waals surface area contributed by atoms with E-state index in [2.05, 4.69) is 19.2 Å². The van der Waals surface area contributed by atoms with Crippen molar-refractivity contribution in [3.8, 4) is 0 Å². The van der Waals surface area contributed by atoms with Crippen LogP contribution in [0.1, 0.15) is 58.8 Å². The van der Waals surface area contributed by atoms with Crippen molar-refractivity contribution in [3.63, 3.8) is 0 Å². The number of hydrogen-bond donors (Lipinski definition) is 1. The van der Waals surface area contributed by atoms with Crippen molar-refractivity contribution in [1.29, 1.82) is 0 Å². The van der Waals surface area contributed by atoms with E-state index in [1.54, 1.807) is 0 Å². The van der Waals surface area contributed by atoms with Gasteiger partial charge in [0.15, 0.2) is 0 Å². The number of nitrogens with one attached hydrogen (secondary N) is 1. The van der Waals surface area contributed by atoms with Crippen molar-refractivity contribution < 1.29 is 4.74 Å². The fourth-order valence-electron chi connectivity index (χ4n) is 4.44. The predicted octanol–water partition coefficient (Wildman–Crippen LogP) is 3.11. The third-order valence-corrected chi connectivity index (χ3v) is 5.50. The number of ether oxygens (including phenoxy) is 1. The zero-order chi connectivity index (χ0) is 11.9. The molecule has 0 aromatic rings. The molecule has 0 heterocycles. The zero-order valence-corrected chi connectivity index (χ0v) is 11.4. The molecular formula is C15H27NO. The highest BCUT2D eigenvalue weighted by Gasteiger charge is 2.57. The molecule has 1 N–H and O–H groups in total. The Bertz CT molecular complexity index is 266.